The number of nitrogens with one attached hydrogen (secondary N) is 2. The summed E-state index contributed by atoms with van der Waals surface area (Å²) >= 11 is 5.11. The number of hydrogen-bond donors (Lipinski definition) is 2. The first-order valence-corrected chi connectivity index (χ1v) is 6.29. The van der Waals surface area contributed by atoms with Gasteiger partial charge in [-0.15, -0.1) is 0 Å². The van der Waals surface area contributed by atoms with Crippen LogP contribution in [0.15, 0.2) is 24.3 Å². The van der Waals surface area contributed by atoms with Crippen LogP contribution in [0.5, 0.6) is 0 Å². The number of hydrogen-bond acceptors (Lipinski definition) is 2. The Balaban J connectivity index is 2.46. The number of thiocarbonyl (C=S) groups is 1. The van der Waals surface area contributed by atoms with Crippen LogP contribution in [0.25, 0.3) is 0 Å². The van der Waals surface area contributed by atoms with E-state index in [1.165, 1.54) is 5.56 Å². The molecule has 0 heterocycles. The molecule has 2 N–H and O–H groups in total. The van der Waals surface area contributed by atoms with Crippen LogP contribution in [0.4, 0.5) is 5.69 Å². The van der Waals surface area contributed by atoms with Crippen LogP contribution in [-0.4, -0.2) is 36.1 Å². The molecule has 18 heavy (non-hydrogen) atoms. The van der Waals surface area contributed by atoms with Crippen LogP contribution in [0, 0.1) is 6.92 Å². The average Bonchev–Trinajstić information content (AvgIpc) is 2.32. The first-order valence-electron chi connectivity index (χ1n) is 5.88. The number of rotatable bonds is 4. The maximum Gasteiger partial charge on any atom is 0.243 e. The Morgan fingerprint density at radius 3 is 2.50 bits per heavy atom. The van der Waals surface area contributed by atoms with Gasteiger partial charge in [0.25, 0.3) is 0 Å². The largest absolute Gasteiger partial charge is 0.363 e. The summed E-state index contributed by atoms with van der Waals surface area (Å²) in [6, 6.07) is 7.69. The molecule has 1 rings (SSSR count). The Morgan fingerprint density at radius 2 is 1.94 bits per heavy atom. The minimum atomic E-state index is -0.0818. The molecule has 98 valence electrons. The van der Waals surface area contributed by atoms with E-state index >= 15 is 0 Å². The van der Waals surface area contributed by atoms with E-state index in [1.807, 2.05) is 38.1 Å². The van der Waals surface area contributed by atoms with Crippen molar-refractivity contribution in [3.05, 3.63) is 29.8 Å². The van der Waals surface area contributed by atoms with Crippen LogP contribution in [0.1, 0.15) is 12.5 Å². The highest BCUT2D eigenvalue weighted by Crippen LogP contribution is 2.08. The van der Waals surface area contributed by atoms with Crippen molar-refractivity contribution in [3.63, 3.8) is 0 Å². The molecule has 1 amide bonds. The monoisotopic (exact) mass is 265 g/mol. The van der Waals surface area contributed by atoms with E-state index in [0.29, 0.717) is 5.11 Å². The van der Waals surface area contributed by atoms with E-state index < -0.39 is 0 Å². The number of anilines is 1. The molecule has 0 aliphatic heterocycles. The van der Waals surface area contributed by atoms with Gasteiger partial charge in [0.15, 0.2) is 5.11 Å². The maximum atomic E-state index is 11.8. The molecular weight excluding hydrogens is 246 g/mol. The van der Waals surface area contributed by atoms with E-state index in [-0.39, 0.29) is 12.5 Å². The third kappa shape index (κ3) is 4.71. The molecule has 0 atom stereocenters. The van der Waals surface area contributed by atoms with Crippen LogP contribution in [0.2, 0.25) is 0 Å². The van der Waals surface area contributed by atoms with Crippen molar-refractivity contribution in [1.82, 2.24) is 10.2 Å². The van der Waals surface area contributed by atoms with Gasteiger partial charge in [-0.25, -0.2) is 0 Å². The van der Waals surface area contributed by atoms with Crippen LogP contribution < -0.4 is 10.6 Å². The van der Waals surface area contributed by atoms with Crippen molar-refractivity contribution in [2.24, 2.45) is 0 Å². The highest BCUT2D eigenvalue weighted by Gasteiger charge is 2.09. The van der Waals surface area contributed by atoms with Gasteiger partial charge in [0.2, 0.25) is 5.91 Å². The Labute approximate surface area is 113 Å². The van der Waals surface area contributed by atoms with Crippen molar-refractivity contribution in [2.75, 3.05) is 25.5 Å². The number of carbonyl (C=O) groups is 1. The van der Waals surface area contributed by atoms with Crippen molar-refractivity contribution < 1.29 is 4.79 Å². The normalized spacial score (nSPS) is 9.72. The lowest BCUT2D eigenvalue weighted by Crippen LogP contribution is -2.41. The fourth-order valence-electron chi connectivity index (χ4n) is 1.41. The molecule has 1 aromatic carbocycles. The SMILES string of the molecule is CCNC(=S)N(C)CC(=O)Nc1ccc(C)cc1. The fourth-order valence-corrected chi connectivity index (χ4v) is 1.62. The quantitative estimate of drug-likeness (QED) is 0.814. The summed E-state index contributed by atoms with van der Waals surface area (Å²) in [4.78, 5) is 13.5. The predicted octanol–water partition coefficient (Wildman–Crippen LogP) is 1.76. The van der Waals surface area contributed by atoms with Crippen molar-refractivity contribution in [1.29, 1.82) is 0 Å². The summed E-state index contributed by atoms with van der Waals surface area (Å²) in [5, 5.41) is 6.41. The average molecular weight is 265 g/mol. The molecule has 0 radical (unpaired) electrons. The lowest BCUT2D eigenvalue weighted by Gasteiger charge is -2.19. The highest BCUT2D eigenvalue weighted by molar-refractivity contribution is 7.80. The lowest BCUT2D eigenvalue weighted by atomic mass is 10.2. The summed E-state index contributed by atoms with van der Waals surface area (Å²) in [6.07, 6.45) is 0. The molecule has 1 aromatic rings. The standard InChI is InChI=1S/C13H19N3OS/c1-4-14-13(18)16(3)9-12(17)15-11-7-5-10(2)6-8-11/h5-8H,4,9H2,1-3H3,(H,14,18)(H,15,17). The van der Waals surface area contributed by atoms with Crippen molar-refractivity contribution in [2.45, 2.75) is 13.8 Å². The van der Waals surface area contributed by atoms with Crippen molar-refractivity contribution >= 4 is 28.9 Å². The summed E-state index contributed by atoms with van der Waals surface area (Å²) in [6.45, 7) is 4.96. The van der Waals surface area contributed by atoms with E-state index in [2.05, 4.69) is 10.6 Å². The summed E-state index contributed by atoms with van der Waals surface area (Å²) < 4.78 is 0. The third-order valence-electron chi connectivity index (χ3n) is 2.39. The molecule has 0 aliphatic carbocycles. The number of benzene rings is 1. The van der Waals surface area contributed by atoms with Gasteiger partial charge in [0, 0.05) is 19.3 Å². The van der Waals surface area contributed by atoms with Gasteiger partial charge < -0.3 is 15.5 Å². The first-order chi connectivity index (χ1) is 8.52. The van der Waals surface area contributed by atoms with Gasteiger partial charge in [-0.3, -0.25) is 4.79 Å². The van der Waals surface area contributed by atoms with Gasteiger partial charge in [0.05, 0.1) is 6.54 Å². The maximum absolute atomic E-state index is 11.8. The van der Waals surface area contributed by atoms with Gasteiger partial charge >= 0.3 is 0 Å². The second-order valence-corrected chi connectivity index (χ2v) is 4.49. The number of carbonyl (C=O) groups excluding carboxylic acids is 1. The number of amides is 1. The molecule has 0 saturated heterocycles. The van der Waals surface area contributed by atoms with Gasteiger partial charge in [-0.05, 0) is 38.2 Å². The van der Waals surface area contributed by atoms with Crippen LogP contribution >= 0.6 is 12.2 Å². The van der Waals surface area contributed by atoms with E-state index in [9.17, 15) is 4.79 Å². The van der Waals surface area contributed by atoms with Gasteiger partial charge in [-0.1, -0.05) is 17.7 Å². The summed E-state index contributed by atoms with van der Waals surface area (Å²) in [7, 11) is 1.79. The summed E-state index contributed by atoms with van der Waals surface area (Å²) in [5.74, 6) is -0.0818. The molecule has 0 unspecified atom stereocenters. The Bertz CT molecular complexity index is 417. The fraction of sp³-hybridized carbons (Fsp3) is 0.385. The predicted molar refractivity (Wildman–Crippen MR) is 78.7 cm³/mol. The van der Waals surface area contributed by atoms with Crippen LogP contribution in [-0.2, 0) is 4.79 Å². The zero-order valence-electron chi connectivity index (χ0n) is 11.0. The third-order valence-corrected chi connectivity index (χ3v) is 2.85. The molecule has 0 spiro atoms. The Morgan fingerprint density at radius 1 is 1.33 bits per heavy atom. The van der Waals surface area contributed by atoms with E-state index in [0.717, 1.165) is 12.2 Å². The number of likely N-dealkylation sites (N-methyl/N-ethyl adjacent to an activating group) is 1. The van der Waals surface area contributed by atoms with Crippen molar-refractivity contribution in [3.8, 4) is 0 Å². The summed E-state index contributed by atoms with van der Waals surface area (Å²) in [5.41, 5.74) is 1.96. The van der Waals surface area contributed by atoms with E-state index in [4.69, 9.17) is 12.2 Å². The second-order valence-electron chi connectivity index (χ2n) is 4.11. The zero-order chi connectivity index (χ0) is 13.5. The Kier molecular flexibility index (Phi) is 5.58. The second kappa shape index (κ2) is 6.96. The topological polar surface area (TPSA) is 44.4 Å². The first kappa shape index (κ1) is 14.4. The van der Waals surface area contributed by atoms with Gasteiger partial charge in [-0.2, -0.15) is 0 Å². The Hall–Kier alpha value is -1.62. The molecule has 0 fully saturated rings. The lowest BCUT2D eigenvalue weighted by molar-refractivity contribution is -0.116. The molecule has 5 heteroatoms. The van der Waals surface area contributed by atoms with Gasteiger partial charge in [0.1, 0.15) is 0 Å². The van der Waals surface area contributed by atoms with E-state index in [1.54, 1.807) is 11.9 Å². The molecule has 0 bridgehead atoms. The number of nitrogens with zero attached hydrogens (tertiary/aromatic N) is 1. The van der Waals surface area contributed by atoms with Crippen LogP contribution in [0.3, 0.4) is 0 Å². The molecular formula is C13H19N3OS. The zero-order valence-corrected chi connectivity index (χ0v) is 11.8. The molecule has 0 saturated carbocycles. The highest BCUT2D eigenvalue weighted by atomic mass is 32.1. The minimum absolute atomic E-state index is 0.0818. The smallest absolute Gasteiger partial charge is 0.243 e. The molecule has 4 nitrogen and oxygen atoms in total. The minimum Gasteiger partial charge on any atom is -0.363 e. The molecule has 0 aliphatic rings. The molecule has 0 aromatic heterocycles. The number of aryl methyl sites for hydroxylation is 1.